The monoisotopic (exact) mass is 378 g/mol. The number of carbonyl (C=O) groups is 1. The molecule has 2 aliphatic rings. The highest BCUT2D eigenvalue weighted by atomic mass is 32.2. The van der Waals surface area contributed by atoms with Crippen molar-refractivity contribution < 1.29 is 13.2 Å². The van der Waals surface area contributed by atoms with Crippen molar-refractivity contribution in [2.45, 2.75) is 55.9 Å². The van der Waals surface area contributed by atoms with Gasteiger partial charge >= 0.3 is 0 Å². The molecule has 0 spiro atoms. The van der Waals surface area contributed by atoms with Gasteiger partial charge in [0.15, 0.2) is 9.84 Å². The fraction of sp³-hybridized carbons (Fsp3) is 0.650. The Balaban J connectivity index is 1.36. The van der Waals surface area contributed by atoms with E-state index in [4.69, 9.17) is 0 Å². The topological polar surface area (TPSA) is 66.5 Å². The van der Waals surface area contributed by atoms with E-state index in [1.807, 2.05) is 0 Å². The minimum Gasteiger partial charge on any atom is -0.356 e. The summed E-state index contributed by atoms with van der Waals surface area (Å²) in [5.74, 6) is 0.216. The number of nitrogens with one attached hydrogen (secondary N) is 1. The number of hydrogen-bond donors (Lipinski definition) is 1. The molecule has 1 saturated carbocycles. The average molecular weight is 379 g/mol. The predicted octanol–water partition coefficient (Wildman–Crippen LogP) is 2.62. The van der Waals surface area contributed by atoms with Crippen molar-refractivity contribution >= 4 is 15.7 Å². The van der Waals surface area contributed by atoms with Crippen LogP contribution in [-0.2, 0) is 14.6 Å². The fourth-order valence-electron chi connectivity index (χ4n) is 4.11. The second-order valence-corrected chi connectivity index (χ2v) is 9.71. The van der Waals surface area contributed by atoms with E-state index in [1.165, 1.54) is 25.7 Å². The maximum Gasteiger partial charge on any atom is 0.221 e. The van der Waals surface area contributed by atoms with Crippen LogP contribution < -0.4 is 5.32 Å². The molecule has 1 aliphatic carbocycles. The van der Waals surface area contributed by atoms with Gasteiger partial charge in [-0.1, -0.05) is 31.0 Å². The van der Waals surface area contributed by atoms with Crippen molar-refractivity contribution in [3.63, 3.8) is 0 Å². The van der Waals surface area contributed by atoms with E-state index in [0.29, 0.717) is 12.5 Å². The van der Waals surface area contributed by atoms with E-state index < -0.39 is 9.84 Å². The maximum absolute atomic E-state index is 12.2. The smallest absolute Gasteiger partial charge is 0.221 e. The van der Waals surface area contributed by atoms with Gasteiger partial charge < -0.3 is 10.2 Å². The molecule has 6 heteroatoms. The molecule has 1 N–H and O–H groups in total. The van der Waals surface area contributed by atoms with Crippen molar-refractivity contribution in [2.24, 2.45) is 5.92 Å². The molecule has 3 rings (SSSR count). The largest absolute Gasteiger partial charge is 0.356 e. The Bertz CT molecular complexity index is 676. The number of likely N-dealkylation sites (tertiary alicyclic amines) is 1. The molecule has 1 aromatic rings. The molecule has 0 atom stereocenters. The zero-order valence-corrected chi connectivity index (χ0v) is 16.2. The highest BCUT2D eigenvalue weighted by molar-refractivity contribution is 7.91. The summed E-state index contributed by atoms with van der Waals surface area (Å²) in [5, 5.41) is 2.94. The summed E-state index contributed by atoms with van der Waals surface area (Å²) in [6.45, 7) is 2.93. The molecule has 1 aliphatic heterocycles. The van der Waals surface area contributed by atoms with E-state index >= 15 is 0 Å². The highest BCUT2D eigenvalue weighted by Crippen LogP contribution is 2.27. The van der Waals surface area contributed by atoms with Crippen LogP contribution >= 0.6 is 0 Å². The van der Waals surface area contributed by atoms with Gasteiger partial charge in [0.2, 0.25) is 5.91 Å². The minimum atomic E-state index is -3.38. The summed E-state index contributed by atoms with van der Waals surface area (Å²) < 4.78 is 24.4. The van der Waals surface area contributed by atoms with Gasteiger partial charge in [-0.15, -0.1) is 0 Å². The molecule has 26 heavy (non-hydrogen) atoms. The lowest BCUT2D eigenvalue weighted by Crippen LogP contribution is -2.42. The number of sulfone groups is 1. The quantitative estimate of drug-likeness (QED) is 0.792. The van der Waals surface area contributed by atoms with Crippen LogP contribution in [0.2, 0.25) is 0 Å². The first-order valence-electron chi connectivity index (χ1n) is 9.83. The van der Waals surface area contributed by atoms with Gasteiger partial charge in [0.1, 0.15) is 0 Å². The van der Waals surface area contributed by atoms with Crippen LogP contribution in [0, 0.1) is 5.92 Å². The second kappa shape index (κ2) is 9.00. The molecule has 5 nitrogen and oxygen atoms in total. The number of carbonyl (C=O) groups excluding carboxylic acids is 1. The third kappa shape index (κ3) is 5.30. The Labute approximate surface area is 157 Å². The molecule has 0 aromatic heterocycles. The molecule has 2 fully saturated rings. The Morgan fingerprint density at radius 1 is 1.04 bits per heavy atom. The average Bonchev–Trinajstić information content (AvgIpc) is 3.21. The van der Waals surface area contributed by atoms with Gasteiger partial charge in [0.25, 0.3) is 0 Å². The van der Waals surface area contributed by atoms with Crippen molar-refractivity contribution in [1.29, 1.82) is 0 Å². The lowest BCUT2D eigenvalue weighted by molar-refractivity contribution is -0.121. The Hall–Kier alpha value is -1.40. The Morgan fingerprint density at radius 3 is 2.35 bits per heavy atom. The minimum absolute atomic E-state index is 0.0259. The van der Waals surface area contributed by atoms with E-state index in [2.05, 4.69) is 10.2 Å². The lowest BCUT2D eigenvalue weighted by atomic mass is 9.95. The molecule has 1 heterocycles. The molecule has 0 radical (unpaired) electrons. The number of nitrogens with zero attached hydrogens (tertiary/aromatic N) is 1. The third-order valence-corrected chi connectivity index (χ3v) is 7.51. The number of amides is 1. The first-order valence-corrected chi connectivity index (χ1v) is 11.5. The summed E-state index contributed by atoms with van der Waals surface area (Å²) >= 11 is 0. The van der Waals surface area contributed by atoms with Crippen LogP contribution in [0.25, 0.3) is 0 Å². The van der Waals surface area contributed by atoms with Crippen LogP contribution in [0.5, 0.6) is 0 Å². The molecule has 1 aromatic carbocycles. The van der Waals surface area contributed by atoms with Crippen molar-refractivity contribution in [3.05, 3.63) is 30.3 Å². The van der Waals surface area contributed by atoms with Crippen LogP contribution in [0.3, 0.4) is 0 Å². The molecule has 0 bridgehead atoms. The van der Waals surface area contributed by atoms with Gasteiger partial charge in [0.05, 0.1) is 10.6 Å². The van der Waals surface area contributed by atoms with E-state index in [-0.39, 0.29) is 23.0 Å². The molecule has 1 saturated heterocycles. The van der Waals surface area contributed by atoms with Crippen LogP contribution in [0.1, 0.15) is 44.9 Å². The van der Waals surface area contributed by atoms with E-state index in [0.717, 1.165) is 32.0 Å². The van der Waals surface area contributed by atoms with E-state index in [1.54, 1.807) is 30.3 Å². The number of rotatable bonds is 7. The first-order chi connectivity index (χ1) is 12.5. The summed E-state index contributed by atoms with van der Waals surface area (Å²) in [7, 11) is -3.38. The first kappa shape index (κ1) is 19.4. The highest BCUT2D eigenvalue weighted by Gasteiger charge is 2.27. The summed E-state index contributed by atoms with van der Waals surface area (Å²) in [6, 6.07) is 9.12. The second-order valence-electron chi connectivity index (χ2n) is 7.60. The molecule has 1 amide bonds. The number of piperidine rings is 1. The Morgan fingerprint density at radius 2 is 1.69 bits per heavy atom. The maximum atomic E-state index is 12.2. The molecule has 0 unspecified atom stereocenters. The predicted molar refractivity (Wildman–Crippen MR) is 103 cm³/mol. The van der Waals surface area contributed by atoms with Crippen LogP contribution in [-0.4, -0.2) is 50.7 Å². The number of benzene rings is 1. The summed E-state index contributed by atoms with van der Waals surface area (Å²) in [4.78, 5) is 15.0. The zero-order chi connectivity index (χ0) is 18.4. The van der Waals surface area contributed by atoms with Crippen molar-refractivity contribution in [3.8, 4) is 0 Å². The van der Waals surface area contributed by atoms with Gasteiger partial charge in [-0.2, -0.15) is 0 Å². The molecular formula is C20H30N2O3S. The van der Waals surface area contributed by atoms with Crippen LogP contribution in [0.4, 0.5) is 0 Å². The van der Waals surface area contributed by atoms with Crippen molar-refractivity contribution in [1.82, 2.24) is 10.2 Å². The molecular weight excluding hydrogens is 348 g/mol. The van der Waals surface area contributed by atoms with Gasteiger partial charge in [-0.25, -0.2) is 8.42 Å². The summed E-state index contributed by atoms with van der Waals surface area (Å²) in [6.07, 6.45) is 7.70. The van der Waals surface area contributed by atoms with Gasteiger partial charge in [-0.3, -0.25) is 4.79 Å². The lowest BCUT2D eigenvalue weighted by Gasteiger charge is -2.36. The van der Waals surface area contributed by atoms with E-state index in [9.17, 15) is 13.2 Å². The van der Waals surface area contributed by atoms with Crippen molar-refractivity contribution in [2.75, 3.05) is 25.4 Å². The zero-order valence-electron chi connectivity index (χ0n) is 15.4. The number of hydrogen-bond acceptors (Lipinski definition) is 4. The SMILES string of the molecule is O=C(CCS(=O)(=O)c1ccccc1)NCC1CCN(C2CCCC2)CC1. The Kier molecular flexibility index (Phi) is 6.70. The third-order valence-electron chi connectivity index (χ3n) is 5.78. The fourth-order valence-corrected chi connectivity index (χ4v) is 5.37. The van der Waals surface area contributed by atoms with Crippen LogP contribution in [0.15, 0.2) is 35.2 Å². The normalized spacial score (nSPS) is 20.3. The molecule has 144 valence electrons. The van der Waals surface area contributed by atoms with Gasteiger partial charge in [0, 0.05) is 19.0 Å². The van der Waals surface area contributed by atoms with Gasteiger partial charge in [-0.05, 0) is 56.8 Å². The summed E-state index contributed by atoms with van der Waals surface area (Å²) in [5.41, 5.74) is 0. The standard InChI is InChI=1S/C20H30N2O3S/c23-20(12-15-26(24,25)19-8-2-1-3-9-19)21-16-17-10-13-22(14-11-17)18-6-4-5-7-18/h1-3,8-9,17-18H,4-7,10-16H2,(H,21,23).